The molecule has 0 aliphatic heterocycles. The van der Waals surface area contributed by atoms with E-state index in [1.54, 1.807) is 18.2 Å². The van der Waals surface area contributed by atoms with Crippen LogP contribution < -0.4 is 5.32 Å². The zero-order valence-corrected chi connectivity index (χ0v) is 14.8. The molecule has 0 aliphatic rings. The first-order valence-electron chi connectivity index (χ1n) is 8.23. The maximum Gasteiger partial charge on any atom is 0.226 e. The number of amides is 2. The number of rotatable bonds is 6. The molecule has 0 heterocycles. The summed E-state index contributed by atoms with van der Waals surface area (Å²) in [6.45, 7) is 5.74. The second-order valence-corrected chi connectivity index (χ2v) is 6.08. The minimum Gasteiger partial charge on any atom is -0.338 e. The first-order valence-corrected chi connectivity index (χ1v) is 8.23. The molecule has 0 radical (unpaired) electrons. The quantitative estimate of drug-likeness (QED) is 0.867. The molecule has 25 heavy (non-hydrogen) atoms. The molecular formula is C20H23FN2O2. The van der Waals surface area contributed by atoms with Crippen LogP contribution in [0.3, 0.4) is 0 Å². The van der Waals surface area contributed by atoms with Crippen molar-refractivity contribution in [2.75, 3.05) is 11.9 Å². The lowest BCUT2D eigenvalue weighted by Gasteiger charge is -2.21. The number of carbonyl (C=O) groups excluding carboxylic acids is 2. The van der Waals surface area contributed by atoms with Gasteiger partial charge in [-0.25, -0.2) is 4.39 Å². The molecule has 0 aromatic heterocycles. The van der Waals surface area contributed by atoms with E-state index in [0.29, 0.717) is 5.56 Å². The normalized spacial score (nSPS) is 10.4. The second-order valence-electron chi connectivity index (χ2n) is 6.08. The second kappa shape index (κ2) is 8.42. The van der Waals surface area contributed by atoms with Crippen LogP contribution in [0.1, 0.15) is 30.0 Å². The Hall–Kier alpha value is -2.69. The van der Waals surface area contributed by atoms with E-state index >= 15 is 0 Å². The van der Waals surface area contributed by atoms with Crippen LogP contribution in [0.5, 0.6) is 0 Å². The molecule has 2 rings (SSSR count). The zero-order chi connectivity index (χ0) is 18.4. The van der Waals surface area contributed by atoms with Crippen molar-refractivity contribution >= 4 is 17.5 Å². The Kier molecular flexibility index (Phi) is 6.28. The summed E-state index contributed by atoms with van der Waals surface area (Å²) in [5, 5.41) is 2.87. The maximum absolute atomic E-state index is 13.8. The third-order valence-corrected chi connectivity index (χ3v) is 4.25. The van der Waals surface area contributed by atoms with Gasteiger partial charge < -0.3 is 10.2 Å². The minimum absolute atomic E-state index is 0.152. The smallest absolute Gasteiger partial charge is 0.226 e. The van der Waals surface area contributed by atoms with Crippen molar-refractivity contribution in [2.45, 2.75) is 33.7 Å². The molecule has 0 unspecified atom stereocenters. The van der Waals surface area contributed by atoms with Gasteiger partial charge in [-0.2, -0.15) is 0 Å². The molecule has 2 amide bonds. The van der Waals surface area contributed by atoms with E-state index in [-0.39, 0.29) is 37.1 Å². The summed E-state index contributed by atoms with van der Waals surface area (Å²) >= 11 is 0. The van der Waals surface area contributed by atoms with Crippen LogP contribution in [0.4, 0.5) is 10.1 Å². The van der Waals surface area contributed by atoms with E-state index in [9.17, 15) is 14.0 Å². The van der Waals surface area contributed by atoms with Gasteiger partial charge in [-0.3, -0.25) is 9.59 Å². The van der Waals surface area contributed by atoms with Crippen LogP contribution in [-0.4, -0.2) is 23.3 Å². The molecule has 0 aliphatic carbocycles. The number of carbonyl (C=O) groups is 2. The average Bonchev–Trinajstić information content (AvgIpc) is 2.57. The summed E-state index contributed by atoms with van der Waals surface area (Å²) in [5.41, 5.74) is 3.33. The number of hydrogen-bond acceptors (Lipinski definition) is 2. The van der Waals surface area contributed by atoms with E-state index in [1.807, 2.05) is 32.0 Å². The molecule has 0 spiro atoms. The monoisotopic (exact) mass is 342 g/mol. The summed E-state index contributed by atoms with van der Waals surface area (Å²) in [4.78, 5) is 25.5. The van der Waals surface area contributed by atoms with Crippen LogP contribution in [0.25, 0.3) is 0 Å². The van der Waals surface area contributed by atoms with E-state index < -0.39 is 0 Å². The standard InChI is InChI=1S/C20H23FN2O2/c1-14-7-6-10-19(15(14)2)22-20(25)11-12-23(16(3)24)13-17-8-4-5-9-18(17)21/h4-10H,11-13H2,1-3H3,(H,22,25). The Morgan fingerprint density at radius 2 is 1.80 bits per heavy atom. The lowest BCUT2D eigenvalue weighted by atomic mass is 10.1. The molecule has 5 heteroatoms. The van der Waals surface area contributed by atoms with Gasteiger partial charge in [0.1, 0.15) is 5.82 Å². The molecule has 132 valence electrons. The first-order chi connectivity index (χ1) is 11.9. The Labute approximate surface area is 147 Å². The van der Waals surface area contributed by atoms with E-state index in [1.165, 1.54) is 17.9 Å². The van der Waals surface area contributed by atoms with Gasteiger partial charge in [-0.05, 0) is 37.1 Å². The Morgan fingerprint density at radius 3 is 2.48 bits per heavy atom. The highest BCUT2D eigenvalue weighted by Crippen LogP contribution is 2.18. The lowest BCUT2D eigenvalue weighted by molar-refractivity contribution is -0.130. The molecule has 2 aromatic carbocycles. The minimum atomic E-state index is -0.353. The van der Waals surface area contributed by atoms with Gasteiger partial charge in [0, 0.05) is 37.7 Å². The highest BCUT2D eigenvalue weighted by molar-refractivity contribution is 5.92. The van der Waals surface area contributed by atoms with Gasteiger partial charge in [-0.1, -0.05) is 30.3 Å². The summed E-state index contributed by atoms with van der Waals surface area (Å²) in [5.74, 6) is -0.718. The number of anilines is 1. The number of benzene rings is 2. The largest absolute Gasteiger partial charge is 0.338 e. The fourth-order valence-electron chi connectivity index (χ4n) is 2.52. The summed E-state index contributed by atoms with van der Waals surface area (Å²) < 4.78 is 13.8. The third-order valence-electron chi connectivity index (χ3n) is 4.25. The highest BCUT2D eigenvalue weighted by atomic mass is 19.1. The van der Waals surface area contributed by atoms with Crippen LogP contribution >= 0.6 is 0 Å². The predicted molar refractivity (Wildman–Crippen MR) is 96.7 cm³/mol. The molecule has 0 saturated carbocycles. The molecule has 1 N–H and O–H groups in total. The Balaban J connectivity index is 1.96. The van der Waals surface area contributed by atoms with Gasteiger partial charge in [0.25, 0.3) is 0 Å². The maximum atomic E-state index is 13.8. The number of aryl methyl sites for hydroxylation is 1. The predicted octanol–water partition coefficient (Wildman–Crippen LogP) is 3.82. The zero-order valence-electron chi connectivity index (χ0n) is 14.8. The number of hydrogen-bond donors (Lipinski definition) is 1. The lowest BCUT2D eigenvalue weighted by Crippen LogP contribution is -2.32. The SMILES string of the molecule is CC(=O)N(CCC(=O)Nc1cccc(C)c1C)Cc1ccccc1F. The summed E-state index contributed by atoms with van der Waals surface area (Å²) in [6, 6.07) is 12.1. The van der Waals surface area contributed by atoms with Crippen molar-refractivity contribution in [1.82, 2.24) is 4.90 Å². The fourth-order valence-corrected chi connectivity index (χ4v) is 2.52. The third kappa shape index (κ3) is 5.14. The van der Waals surface area contributed by atoms with Crippen LogP contribution in [0, 0.1) is 19.7 Å². The summed E-state index contributed by atoms with van der Waals surface area (Å²) in [6.07, 6.45) is 0.154. The van der Waals surface area contributed by atoms with Crippen molar-refractivity contribution in [3.8, 4) is 0 Å². The van der Waals surface area contributed by atoms with Crippen LogP contribution in [0.15, 0.2) is 42.5 Å². The van der Waals surface area contributed by atoms with Crippen LogP contribution in [-0.2, 0) is 16.1 Å². The van der Waals surface area contributed by atoms with Crippen molar-refractivity contribution in [3.63, 3.8) is 0 Å². The Morgan fingerprint density at radius 1 is 1.08 bits per heavy atom. The van der Waals surface area contributed by atoms with Gasteiger partial charge in [-0.15, -0.1) is 0 Å². The number of halogens is 1. The highest BCUT2D eigenvalue weighted by Gasteiger charge is 2.14. The van der Waals surface area contributed by atoms with Crippen molar-refractivity contribution < 1.29 is 14.0 Å². The molecule has 0 atom stereocenters. The van der Waals surface area contributed by atoms with Gasteiger partial charge in [0.2, 0.25) is 11.8 Å². The van der Waals surface area contributed by atoms with E-state index in [2.05, 4.69) is 5.32 Å². The van der Waals surface area contributed by atoms with Gasteiger partial charge >= 0.3 is 0 Å². The van der Waals surface area contributed by atoms with Crippen molar-refractivity contribution in [2.24, 2.45) is 0 Å². The molecule has 0 bridgehead atoms. The van der Waals surface area contributed by atoms with Gasteiger partial charge in [0.15, 0.2) is 0 Å². The average molecular weight is 342 g/mol. The topological polar surface area (TPSA) is 49.4 Å². The van der Waals surface area contributed by atoms with E-state index in [0.717, 1.165) is 16.8 Å². The fraction of sp³-hybridized carbons (Fsp3) is 0.300. The first kappa shape index (κ1) is 18.6. The molecular weight excluding hydrogens is 319 g/mol. The number of nitrogens with one attached hydrogen (secondary N) is 1. The molecule has 0 fully saturated rings. The molecule has 0 saturated heterocycles. The van der Waals surface area contributed by atoms with Crippen LogP contribution in [0.2, 0.25) is 0 Å². The molecule has 2 aromatic rings. The van der Waals surface area contributed by atoms with Crippen molar-refractivity contribution in [1.29, 1.82) is 0 Å². The summed E-state index contributed by atoms with van der Waals surface area (Å²) in [7, 11) is 0. The van der Waals surface area contributed by atoms with Crippen molar-refractivity contribution in [3.05, 3.63) is 65.0 Å². The van der Waals surface area contributed by atoms with E-state index in [4.69, 9.17) is 0 Å². The molecule has 4 nitrogen and oxygen atoms in total. The van der Waals surface area contributed by atoms with Gasteiger partial charge in [0.05, 0.1) is 0 Å². The Bertz CT molecular complexity index is 774. The number of nitrogens with zero attached hydrogens (tertiary/aromatic N) is 1.